The van der Waals surface area contributed by atoms with Gasteiger partial charge >= 0.3 is 0 Å². The molecule has 2 heterocycles. The van der Waals surface area contributed by atoms with Gasteiger partial charge in [-0.25, -0.2) is 0 Å². The molecule has 0 spiro atoms. The molecule has 0 saturated carbocycles. The van der Waals surface area contributed by atoms with E-state index in [9.17, 15) is 4.79 Å². The normalized spacial score (nSPS) is 15.0. The van der Waals surface area contributed by atoms with Crippen molar-refractivity contribution in [1.29, 1.82) is 0 Å². The van der Waals surface area contributed by atoms with Gasteiger partial charge in [-0.1, -0.05) is 18.2 Å². The quantitative estimate of drug-likeness (QED) is 0.659. The minimum atomic E-state index is -0.142. The standard InChI is InChI=1S/C23H27N3O3/c1-15(2)29-19-5-3-4-17(12-19)18-6-7-21-20(13-18)22(26-25-21)23(27)24-14-16-8-10-28-11-9-16/h3-7,12-13,15-16H,8-11,14H2,1-2H3,(H,24,27)(H,25,26). The number of hydrogen-bond donors (Lipinski definition) is 2. The van der Waals surface area contributed by atoms with Crippen LogP contribution in [0.2, 0.25) is 0 Å². The summed E-state index contributed by atoms with van der Waals surface area (Å²) in [7, 11) is 0. The van der Waals surface area contributed by atoms with Gasteiger partial charge in [-0.05, 0) is 68.0 Å². The van der Waals surface area contributed by atoms with Crippen LogP contribution in [0.15, 0.2) is 42.5 Å². The number of benzene rings is 2. The fourth-order valence-electron chi connectivity index (χ4n) is 3.66. The van der Waals surface area contributed by atoms with Crippen LogP contribution in [0.3, 0.4) is 0 Å². The second kappa shape index (κ2) is 8.66. The van der Waals surface area contributed by atoms with E-state index in [4.69, 9.17) is 9.47 Å². The third-order valence-corrected chi connectivity index (χ3v) is 5.21. The first kappa shape index (κ1) is 19.5. The third-order valence-electron chi connectivity index (χ3n) is 5.21. The summed E-state index contributed by atoms with van der Waals surface area (Å²) in [5, 5.41) is 11.1. The molecular weight excluding hydrogens is 366 g/mol. The van der Waals surface area contributed by atoms with Crippen molar-refractivity contribution in [2.45, 2.75) is 32.8 Å². The number of aromatic amines is 1. The van der Waals surface area contributed by atoms with Crippen LogP contribution in [0.4, 0.5) is 0 Å². The summed E-state index contributed by atoms with van der Waals surface area (Å²) in [5.74, 6) is 1.16. The summed E-state index contributed by atoms with van der Waals surface area (Å²) in [6.45, 7) is 6.22. The third kappa shape index (κ3) is 4.59. The van der Waals surface area contributed by atoms with Gasteiger partial charge < -0.3 is 14.8 Å². The molecule has 1 saturated heterocycles. The number of nitrogens with one attached hydrogen (secondary N) is 2. The highest BCUT2D eigenvalue weighted by Gasteiger charge is 2.18. The highest BCUT2D eigenvalue weighted by molar-refractivity contribution is 6.05. The van der Waals surface area contributed by atoms with Crippen molar-refractivity contribution < 1.29 is 14.3 Å². The molecule has 1 amide bonds. The zero-order chi connectivity index (χ0) is 20.2. The largest absolute Gasteiger partial charge is 0.491 e. The molecule has 1 fully saturated rings. The summed E-state index contributed by atoms with van der Waals surface area (Å²) in [5.41, 5.74) is 3.34. The lowest BCUT2D eigenvalue weighted by molar-refractivity contribution is 0.0642. The van der Waals surface area contributed by atoms with Crippen molar-refractivity contribution in [3.05, 3.63) is 48.2 Å². The first-order valence-electron chi connectivity index (χ1n) is 10.2. The lowest BCUT2D eigenvalue weighted by atomic mass is 10.0. The SMILES string of the molecule is CC(C)Oc1cccc(-c2ccc3[nH]nc(C(=O)NCC4CCOCC4)c3c2)c1. The molecule has 1 aromatic heterocycles. The number of carbonyl (C=O) groups is 1. The number of amides is 1. The molecule has 0 unspecified atom stereocenters. The van der Waals surface area contributed by atoms with Crippen LogP contribution >= 0.6 is 0 Å². The number of hydrogen-bond acceptors (Lipinski definition) is 4. The van der Waals surface area contributed by atoms with Crippen LogP contribution in [-0.2, 0) is 4.74 Å². The van der Waals surface area contributed by atoms with Crippen LogP contribution in [0, 0.1) is 5.92 Å². The number of nitrogens with zero attached hydrogens (tertiary/aromatic N) is 1. The Morgan fingerprint density at radius 2 is 2.00 bits per heavy atom. The molecule has 6 heteroatoms. The summed E-state index contributed by atoms with van der Waals surface area (Å²) in [6.07, 6.45) is 2.09. The highest BCUT2D eigenvalue weighted by atomic mass is 16.5. The molecule has 2 aromatic carbocycles. The van der Waals surface area contributed by atoms with E-state index in [0.29, 0.717) is 18.2 Å². The number of carbonyl (C=O) groups excluding carboxylic acids is 1. The highest BCUT2D eigenvalue weighted by Crippen LogP contribution is 2.28. The van der Waals surface area contributed by atoms with E-state index in [1.807, 2.05) is 56.3 Å². The Morgan fingerprint density at radius 1 is 1.21 bits per heavy atom. The molecule has 1 aliphatic rings. The van der Waals surface area contributed by atoms with Gasteiger partial charge in [-0.2, -0.15) is 5.10 Å². The Kier molecular flexibility index (Phi) is 5.81. The molecule has 4 rings (SSSR count). The van der Waals surface area contributed by atoms with E-state index in [1.165, 1.54) is 0 Å². The van der Waals surface area contributed by atoms with E-state index >= 15 is 0 Å². The van der Waals surface area contributed by atoms with Crippen LogP contribution in [0.25, 0.3) is 22.0 Å². The van der Waals surface area contributed by atoms with Crippen molar-refractivity contribution in [3.8, 4) is 16.9 Å². The van der Waals surface area contributed by atoms with E-state index in [-0.39, 0.29) is 12.0 Å². The molecule has 2 N–H and O–H groups in total. The molecule has 29 heavy (non-hydrogen) atoms. The molecule has 1 aliphatic heterocycles. The monoisotopic (exact) mass is 393 g/mol. The average molecular weight is 393 g/mol. The zero-order valence-corrected chi connectivity index (χ0v) is 16.9. The Morgan fingerprint density at radius 3 is 2.79 bits per heavy atom. The minimum absolute atomic E-state index is 0.118. The summed E-state index contributed by atoms with van der Waals surface area (Å²) in [6, 6.07) is 14.0. The predicted octanol–water partition coefficient (Wildman–Crippen LogP) is 4.17. The molecule has 0 aliphatic carbocycles. The van der Waals surface area contributed by atoms with Crippen molar-refractivity contribution in [1.82, 2.24) is 15.5 Å². The number of aromatic nitrogens is 2. The Bertz CT molecular complexity index is 990. The van der Waals surface area contributed by atoms with Crippen molar-refractivity contribution in [3.63, 3.8) is 0 Å². The molecular formula is C23H27N3O3. The molecule has 3 aromatic rings. The average Bonchev–Trinajstić information content (AvgIpc) is 3.16. The van der Waals surface area contributed by atoms with Gasteiger partial charge in [0.05, 0.1) is 11.6 Å². The molecule has 0 bridgehead atoms. The molecule has 152 valence electrons. The number of rotatable bonds is 6. The fourth-order valence-corrected chi connectivity index (χ4v) is 3.66. The van der Waals surface area contributed by atoms with Gasteiger partial charge in [0.25, 0.3) is 5.91 Å². The maximum atomic E-state index is 12.7. The Hall–Kier alpha value is -2.86. The smallest absolute Gasteiger partial charge is 0.272 e. The summed E-state index contributed by atoms with van der Waals surface area (Å²) >= 11 is 0. The summed E-state index contributed by atoms with van der Waals surface area (Å²) in [4.78, 5) is 12.7. The zero-order valence-electron chi connectivity index (χ0n) is 16.9. The maximum absolute atomic E-state index is 12.7. The van der Waals surface area contributed by atoms with Crippen molar-refractivity contribution in [2.24, 2.45) is 5.92 Å². The van der Waals surface area contributed by atoms with E-state index < -0.39 is 0 Å². The molecule has 0 radical (unpaired) electrons. The molecule has 0 atom stereocenters. The Labute approximate surface area is 170 Å². The topological polar surface area (TPSA) is 76.2 Å². The first-order chi connectivity index (χ1) is 14.1. The minimum Gasteiger partial charge on any atom is -0.491 e. The summed E-state index contributed by atoms with van der Waals surface area (Å²) < 4.78 is 11.2. The van der Waals surface area contributed by atoms with Crippen molar-refractivity contribution >= 4 is 16.8 Å². The van der Waals surface area contributed by atoms with Crippen LogP contribution in [0.1, 0.15) is 37.2 Å². The Balaban J connectivity index is 1.55. The first-order valence-corrected chi connectivity index (χ1v) is 10.2. The lowest BCUT2D eigenvalue weighted by Crippen LogP contribution is -2.32. The fraction of sp³-hybridized carbons (Fsp3) is 0.391. The van der Waals surface area contributed by atoms with Crippen LogP contribution in [-0.4, -0.2) is 42.0 Å². The lowest BCUT2D eigenvalue weighted by Gasteiger charge is -2.21. The van der Waals surface area contributed by atoms with Crippen molar-refractivity contribution in [2.75, 3.05) is 19.8 Å². The number of ether oxygens (including phenoxy) is 2. The second-order valence-corrected chi connectivity index (χ2v) is 7.79. The predicted molar refractivity (Wildman–Crippen MR) is 113 cm³/mol. The van der Waals surface area contributed by atoms with E-state index in [2.05, 4.69) is 15.5 Å². The van der Waals surface area contributed by atoms with Crippen LogP contribution < -0.4 is 10.1 Å². The van der Waals surface area contributed by atoms with Gasteiger partial charge in [0.15, 0.2) is 5.69 Å². The van der Waals surface area contributed by atoms with Crippen LogP contribution in [0.5, 0.6) is 5.75 Å². The van der Waals surface area contributed by atoms with Gasteiger partial charge in [0.2, 0.25) is 0 Å². The second-order valence-electron chi connectivity index (χ2n) is 7.79. The van der Waals surface area contributed by atoms with Gasteiger partial charge in [0.1, 0.15) is 5.75 Å². The van der Waals surface area contributed by atoms with Gasteiger partial charge in [-0.3, -0.25) is 9.89 Å². The van der Waals surface area contributed by atoms with E-state index in [1.54, 1.807) is 0 Å². The molecule has 6 nitrogen and oxygen atoms in total. The van der Waals surface area contributed by atoms with Gasteiger partial charge in [-0.15, -0.1) is 0 Å². The number of H-pyrrole nitrogens is 1. The van der Waals surface area contributed by atoms with E-state index in [0.717, 1.165) is 53.8 Å². The van der Waals surface area contributed by atoms with Gasteiger partial charge in [0, 0.05) is 25.1 Å². The number of fused-ring (bicyclic) bond motifs is 1. The maximum Gasteiger partial charge on any atom is 0.272 e.